The highest BCUT2D eigenvalue weighted by molar-refractivity contribution is 6.31. The predicted octanol–water partition coefficient (Wildman–Crippen LogP) is 4.69. The summed E-state index contributed by atoms with van der Waals surface area (Å²) in [5.74, 6) is -6.10. The van der Waals surface area contributed by atoms with Crippen molar-refractivity contribution in [2.75, 3.05) is 4.90 Å². The molecule has 4 nitrogen and oxygen atoms in total. The first kappa shape index (κ1) is 21.3. The molecule has 0 aliphatic carbocycles. The number of alkyl halides is 7. The van der Waals surface area contributed by atoms with E-state index in [1.54, 1.807) is 0 Å². The van der Waals surface area contributed by atoms with Crippen LogP contribution >= 0.6 is 11.6 Å². The maximum atomic E-state index is 14.5. The third kappa shape index (κ3) is 3.64. The molecule has 1 aliphatic heterocycles. The number of aliphatic hydroxyl groups excluding tert-OH is 1. The Hall–Kier alpha value is -2.40. The zero-order chi connectivity index (χ0) is 21.7. The molecule has 156 valence electrons. The van der Waals surface area contributed by atoms with Gasteiger partial charge in [-0.1, -0.05) is 23.7 Å². The Morgan fingerprint density at radius 3 is 2.48 bits per heavy atom. The van der Waals surface area contributed by atoms with Crippen LogP contribution in [0.1, 0.15) is 28.5 Å². The van der Waals surface area contributed by atoms with Crippen LogP contribution in [0.3, 0.4) is 0 Å². The maximum absolute atomic E-state index is 14.5. The molecule has 12 heteroatoms. The molecule has 1 aliphatic rings. The largest absolute Gasteiger partial charge is 0.417 e. The number of hydrogen-bond acceptors (Lipinski definition) is 3. The van der Waals surface area contributed by atoms with Gasteiger partial charge in [0.15, 0.2) is 0 Å². The van der Waals surface area contributed by atoms with Crippen molar-refractivity contribution in [3.63, 3.8) is 0 Å². The quantitative estimate of drug-likeness (QED) is 0.699. The number of halogens is 8. The number of pyridine rings is 1. The molecule has 2 heterocycles. The molecule has 0 saturated carbocycles. The second kappa shape index (κ2) is 7.13. The van der Waals surface area contributed by atoms with Gasteiger partial charge in [0, 0.05) is 6.20 Å². The standard InChI is InChI=1S/C17H10ClF7N2O2/c18-10-5-26-7(4-9(10)17(23,24)25)6-27-11-3-1-2-8(13(28)14(19)20)12(11)16(21,22)15(27)29/h1-5,13-14,28H,6H2. The van der Waals surface area contributed by atoms with E-state index in [0.29, 0.717) is 17.2 Å². The van der Waals surface area contributed by atoms with Crippen molar-refractivity contribution in [2.45, 2.75) is 31.2 Å². The van der Waals surface area contributed by atoms with Gasteiger partial charge in [-0.25, -0.2) is 8.78 Å². The normalized spacial score (nSPS) is 17.0. The second-order valence-electron chi connectivity index (χ2n) is 6.14. The minimum absolute atomic E-state index is 0.404. The summed E-state index contributed by atoms with van der Waals surface area (Å²) in [6, 6.07) is 3.40. The number of carbonyl (C=O) groups is 1. The maximum Gasteiger partial charge on any atom is 0.417 e. The van der Waals surface area contributed by atoms with Crippen LogP contribution in [0.2, 0.25) is 5.02 Å². The first-order valence-electron chi connectivity index (χ1n) is 7.86. The summed E-state index contributed by atoms with van der Waals surface area (Å²) in [4.78, 5) is 16.3. The van der Waals surface area contributed by atoms with Gasteiger partial charge in [-0.05, 0) is 17.7 Å². The molecular weight excluding hydrogens is 433 g/mol. The SMILES string of the molecule is O=C1N(Cc2cc(C(F)(F)F)c(Cl)cn2)c2cccc(C(O)C(F)F)c2C1(F)F. The van der Waals surface area contributed by atoms with E-state index in [1.807, 2.05) is 0 Å². The number of hydrogen-bond donors (Lipinski definition) is 1. The molecule has 3 rings (SSSR count). The fourth-order valence-electron chi connectivity index (χ4n) is 3.00. The Labute approximate surface area is 163 Å². The number of nitrogens with zero attached hydrogens (tertiary/aromatic N) is 2. The van der Waals surface area contributed by atoms with Gasteiger partial charge in [0.2, 0.25) is 0 Å². The summed E-state index contributed by atoms with van der Waals surface area (Å²) in [5, 5.41) is 8.83. The molecule has 1 aromatic heterocycles. The predicted molar refractivity (Wildman–Crippen MR) is 86.7 cm³/mol. The molecule has 2 aromatic rings. The van der Waals surface area contributed by atoms with E-state index < -0.39 is 70.2 Å². The molecule has 0 spiro atoms. The number of rotatable bonds is 4. The number of fused-ring (bicyclic) bond motifs is 1. The van der Waals surface area contributed by atoms with Crippen LogP contribution in [0, 0.1) is 0 Å². The molecule has 1 atom stereocenters. The molecule has 0 bridgehead atoms. The molecule has 1 aromatic carbocycles. The highest BCUT2D eigenvalue weighted by Crippen LogP contribution is 2.48. The first-order valence-corrected chi connectivity index (χ1v) is 8.24. The summed E-state index contributed by atoms with van der Waals surface area (Å²) in [5.41, 5.74) is -4.16. The van der Waals surface area contributed by atoms with Gasteiger partial charge in [0.1, 0.15) is 6.10 Å². The van der Waals surface area contributed by atoms with Gasteiger partial charge in [-0.2, -0.15) is 22.0 Å². The Bertz CT molecular complexity index is 965. The van der Waals surface area contributed by atoms with E-state index in [0.717, 1.165) is 18.2 Å². The molecule has 1 amide bonds. The van der Waals surface area contributed by atoms with E-state index in [2.05, 4.69) is 4.98 Å². The number of aromatic nitrogens is 1. The lowest BCUT2D eigenvalue weighted by Gasteiger charge is -2.18. The van der Waals surface area contributed by atoms with Crippen molar-refractivity contribution in [1.82, 2.24) is 4.98 Å². The number of aliphatic hydroxyl groups is 1. The summed E-state index contributed by atoms with van der Waals surface area (Å²) in [7, 11) is 0. The van der Waals surface area contributed by atoms with Crippen molar-refractivity contribution in [3.8, 4) is 0 Å². The monoisotopic (exact) mass is 442 g/mol. The lowest BCUT2D eigenvalue weighted by Crippen LogP contribution is -2.34. The third-order valence-electron chi connectivity index (χ3n) is 4.29. The summed E-state index contributed by atoms with van der Waals surface area (Å²) in [6.45, 7) is -0.796. The fourth-order valence-corrected chi connectivity index (χ4v) is 3.21. The lowest BCUT2D eigenvalue weighted by atomic mass is 9.98. The second-order valence-corrected chi connectivity index (χ2v) is 6.55. The van der Waals surface area contributed by atoms with Gasteiger partial charge in [0.05, 0.1) is 34.1 Å². The van der Waals surface area contributed by atoms with E-state index >= 15 is 0 Å². The van der Waals surface area contributed by atoms with Crippen molar-refractivity contribution in [1.29, 1.82) is 0 Å². The zero-order valence-electron chi connectivity index (χ0n) is 14.0. The number of benzene rings is 1. The minimum Gasteiger partial charge on any atom is -0.382 e. The van der Waals surface area contributed by atoms with Gasteiger partial charge in [-0.3, -0.25) is 9.78 Å². The number of amides is 1. The van der Waals surface area contributed by atoms with Gasteiger partial charge >= 0.3 is 18.0 Å². The van der Waals surface area contributed by atoms with Crippen LogP contribution in [0.4, 0.5) is 36.4 Å². The Morgan fingerprint density at radius 2 is 1.90 bits per heavy atom. The van der Waals surface area contributed by atoms with Crippen molar-refractivity contribution in [2.24, 2.45) is 0 Å². The van der Waals surface area contributed by atoms with Gasteiger partial charge in [-0.15, -0.1) is 0 Å². The Balaban J connectivity index is 2.07. The highest BCUT2D eigenvalue weighted by atomic mass is 35.5. The zero-order valence-corrected chi connectivity index (χ0v) is 14.8. The van der Waals surface area contributed by atoms with Crippen molar-refractivity contribution < 1.29 is 40.6 Å². The van der Waals surface area contributed by atoms with Gasteiger partial charge < -0.3 is 10.0 Å². The smallest absolute Gasteiger partial charge is 0.382 e. The van der Waals surface area contributed by atoms with Crippen LogP contribution in [-0.2, 0) is 23.4 Å². The van der Waals surface area contributed by atoms with Crippen LogP contribution in [0.15, 0.2) is 30.5 Å². The summed E-state index contributed by atoms with van der Waals surface area (Å²) in [6.07, 6.45) is -10.2. The van der Waals surface area contributed by atoms with E-state index in [-0.39, 0.29) is 0 Å². The molecule has 0 radical (unpaired) electrons. The van der Waals surface area contributed by atoms with Crippen LogP contribution in [0.25, 0.3) is 0 Å². The molecule has 0 fully saturated rings. The Morgan fingerprint density at radius 1 is 1.24 bits per heavy atom. The van der Waals surface area contributed by atoms with Crippen LogP contribution < -0.4 is 4.90 Å². The highest BCUT2D eigenvalue weighted by Gasteiger charge is 2.55. The van der Waals surface area contributed by atoms with Crippen LogP contribution in [-0.4, -0.2) is 22.4 Å². The average Bonchev–Trinajstić information content (AvgIpc) is 2.82. The van der Waals surface area contributed by atoms with Crippen molar-refractivity contribution in [3.05, 3.63) is 57.9 Å². The lowest BCUT2D eigenvalue weighted by molar-refractivity contribution is -0.142. The topological polar surface area (TPSA) is 53.4 Å². The molecule has 1 unspecified atom stereocenters. The molecular formula is C17H10ClF7N2O2. The Kier molecular flexibility index (Phi) is 5.24. The van der Waals surface area contributed by atoms with E-state index in [9.17, 15) is 40.6 Å². The van der Waals surface area contributed by atoms with Crippen molar-refractivity contribution >= 4 is 23.2 Å². The van der Waals surface area contributed by atoms with E-state index in [1.165, 1.54) is 0 Å². The van der Waals surface area contributed by atoms with Gasteiger partial charge in [0.25, 0.3) is 6.43 Å². The van der Waals surface area contributed by atoms with E-state index in [4.69, 9.17) is 11.6 Å². The third-order valence-corrected chi connectivity index (χ3v) is 4.59. The molecule has 0 saturated heterocycles. The molecule has 29 heavy (non-hydrogen) atoms. The van der Waals surface area contributed by atoms with Crippen LogP contribution in [0.5, 0.6) is 0 Å². The minimum atomic E-state index is -4.85. The number of carbonyl (C=O) groups excluding carboxylic acids is 1. The average molecular weight is 443 g/mol. The fraction of sp³-hybridized carbons (Fsp3) is 0.294. The molecule has 1 N–H and O–H groups in total. The first-order chi connectivity index (χ1) is 13.4. The summed E-state index contributed by atoms with van der Waals surface area (Å²) >= 11 is 5.46. The summed E-state index contributed by atoms with van der Waals surface area (Å²) < 4.78 is 93.7. The number of anilines is 1.